The summed E-state index contributed by atoms with van der Waals surface area (Å²) < 4.78 is 1.33. The molecule has 2 unspecified atom stereocenters. The number of hydrogen-bond donors (Lipinski definition) is 3. The quantitative estimate of drug-likeness (QED) is 0.676. The third-order valence-corrected chi connectivity index (χ3v) is 7.56. The van der Waals surface area contributed by atoms with E-state index in [0.717, 1.165) is 38.5 Å². The van der Waals surface area contributed by atoms with Crippen molar-refractivity contribution in [3.63, 3.8) is 0 Å². The van der Waals surface area contributed by atoms with E-state index in [0.29, 0.717) is 29.1 Å². The molecule has 30 heavy (non-hydrogen) atoms. The number of pyridine rings is 1. The van der Waals surface area contributed by atoms with Crippen molar-refractivity contribution in [3.05, 3.63) is 34.4 Å². The van der Waals surface area contributed by atoms with Crippen molar-refractivity contribution >= 4 is 17.5 Å². The number of carbonyl (C=O) groups is 2. The number of carbonyl (C=O) groups excluding carboxylic acids is 2. The summed E-state index contributed by atoms with van der Waals surface area (Å²) in [5, 5.41) is 12.5. The van der Waals surface area contributed by atoms with Crippen LogP contribution in [0.15, 0.2) is 23.1 Å². The van der Waals surface area contributed by atoms with E-state index in [2.05, 4.69) is 20.8 Å². The number of hydrogen-bond acceptors (Lipinski definition) is 4. The van der Waals surface area contributed by atoms with Gasteiger partial charge in [-0.25, -0.2) is 14.3 Å². The first kappa shape index (κ1) is 19.3. The van der Waals surface area contributed by atoms with Crippen molar-refractivity contribution in [2.24, 2.45) is 17.3 Å². The molecule has 2 heterocycles. The van der Waals surface area contributed by atoms with Gasteiger partial charge in [0.05, 0.1) is 5.56 Å². The van der Waals surface area contributed by atoms with Gasteiger partial charge in [-0.15, -0.1) is 0 Å². The fourth-order valence-electron chi connectivity index (χ4n) is 5.64. The second-order valence-electron chi connectivity index (χ2n) is 9.53. The topological polar surface area (TPSA) is 108 Å². The second kappa shape index (κ2) is 7.56. The first-order valence-electron chi connectivity index (χ1n) is 11.2. The van der Waals surface area contributed by atoms with Gasteiger partial charge in [-0.05, 0) is 74.8 Å². The fraction of sp³-hybridized carbons (Fsp3) is 0.636. The molecule has 5 rings (SSSR count). The molecule has 3 fully saturated rings. The maximum atomic E-state index is 12.5. The van der Waals surface area contributed by atoms with E-state index in [9.17, 15) is 14.4 Å². The second-order valence-corrected chi connectivity index (χ2v) is 9.53. The molecule has 2 aromatic rings. The molecule has 3 aliphatic rings. The fourth-order valence-corrected chi connectivity index (χ4v) is 5.64. The Morgan fingerprint density at radius 1 is 1.27 bits per heavy atom. The molecule has 8 heteroatoms. The largest absolute Gasteiger partial charge is 0.353 e. The minimum Gasteiger partial charge on any atom is -0.353 e. The molecular weight excluding hydrogens is 382 g/mol. The van der Waals surface area contributed by atoms with E-state index in [4.69, 9.17) is 0 Å². The summed E-state index contributed by atoms with van der Waals surface area (Å²) in [6.45, 7) is 0.574. The van der Waals surface area contributed by atoms with Crippen LogP contribution >= 0.6 is 0 Å². The lowest BCUT2D eigenvalue weighted by Gasteiger charge is -2.53. The van der Waals surface area contributed by atoms with E-state index in [1.165, 1.54) is 23.7 Å². The lowest BCUT2D eigenvalue weighted by molar-refractivity contribution is -0.137. The van der Waals surface area contributed by atoms with Crippen LogP contribution in [0.3, 0.4) is 0 Å². The molecule has 1 spiro atoms. The van der Waals surface area contributed by atoms with Crippen LogP contribution in [0.4, 0.5) is 0 Å². The molecule has 2 amide bonds. The van der Waals surface area contributed by atoms with E-state index in [1.807, 2.05) is 0 Å². The number of amides is 2. The molecule has 2 atom stereocenters. The molecule has 3 saturated carbocycles. The Labute approximate surface area is 174 Å². The highest BCUT2D eigenvalue weighted by Gasteiger charge is 2.50. The van der Waals surface area contributed by atoms with Crippen molar-refractivity contribution in [1.82, 2.24) is 25.2 Å². The average molecular weight is 412 g/mol. The van der Waals surface area contributed by atoms with Crippen LogP contribution in [0.25, 0.3) is 5.65 Å². The van der Waals surface area contributed by atoms with E-state index in [-0.39, 0.29) is 29.5 Å². The number of aromatic amines is 1. The van der Waals surface area contributed by atoms with Crippen LogP contribution in [-0.4, -0.2) is 39.0 Å². The number of rotatable bonds is 6. The van der Waals surface area contributed by atoms with Crippen LogP contribution in [-0.2, 0) is 4.79 Å². The van der Waals surface area contributed by atoms with E-state index in [1.54, 1.807) is 18.3 Å². The van der Waals surface area contributed by atoms with Gasteiger partial charge in [0, 0.05) is 24.7 Å². The summed E-state index contributed by atoms with van der Waals surface area (Å²) in [6.07, 6.45) is 11.7. The van der Waals surface area contributed by atoms with Gasteiger partial charge in [0.1, 0.15) is 0 Å². The van der Waals surface area contributed by atoms with Gasteiger partial charge < -0.3 is 10.6 Å². The third kappa shape index (κ3) is 3.52. The third-order valence-electron chi connectivity index (χ3n) is 7.56. The number of fused-ring (bicyclic) bond motifs is 1. The van der Waals surface area contributed by atoms with Crippen LogP contribution in [0.1, 0.15) is 68.1 Å². The smallest absolute Gasteiger partial charge is 0.347 e. The van der Waals surface area contributed by atoms with Crippen molar-refractivity contribution in [2.75, 3.05) is 6.54 Å². The van der Waals surface area contributed by atoms with E-state index >= 15 is 0 Å². The Morgan fingerprint density at radius 3 is 2.87 bits per heavy atom. The summed E-state index contributed by atoms with van der Waals surface area (Å²) in [5.41, 5.74) is 0.899. The number of nitrogens with one attached hydrogen (secondary N) is 3. The first-order chi connectivity index (χ1) is 14.5. The van der Waals surface area contributed by atoms with Gasteiger partial charge >= 0.3 is 5.69 Å². The highest BCUT2D eigenvalue weighted by atomic mass is 16.2. The summed E-state index contributed by atoms with van der Waals surface area (Å²) >= 11 is 0. The van der Waals surface area contributed by atoms with Gasteiger partial charge in [-0.3, -0.25) is 9.59 Å². The molecular formula is C22H29N5O3. The SMILES string of the molecule is O=C(NCCC1CCC(NC(=O)C2CC3(CCC3)C2)C1)c1cccn2c(=O)[nH]nc12. The molecule has 0 saturated heterocycles. The molecule has 3 aliphatic carbocycles. The Morgan fingerprint density at radius 2 is 2.10 bits per heavy atom. The van der Waals surface area contributed by atoms with Crippen LogP contribution in [0, 0.1) is 17.3 Å². The molecule has 160 valence electrons. The van der Waals surface area contributed by atoms with Gasteiger partial charge in [-0.2, -0.15) is 5.10 Å². The minimum atomic E-state index is -0.358. The highest BCUT2D eigenvalue weighted by Crippen LogP contribution is 2.58. The van der Waals surface area contributed by atoms with Crippen molar-refractivity contribution in [2.45, 2.75) is 63.8 Å². The maximum Gasteiger partial charge on any atom is 0.347 e. The Kier molecular flexibility index (Phi) is 4.87. The van der Waals surface area contributed by atoms with Gasteiger partial charge in [0.25, 0.3) is 5.91 Å². The standard InChI is InChI=1S/C22H29N5O3/c28-19(15-12-22(13-15)7-2-8-22)24-16-5-4-14(11-16)6-9-23-20(29)17-3-1-10-27-18(17)25-26-21(27)30/h1,3,10,14-16H,2,4-9,11-13H2,(H,23,29)(H,24,28)(H,26,30). The molecule has 8 nitrogen and oxygen atoms in total. The predicted octanol–water partition coefficient (Wildman–Crippen LogP) is 2.01. The van der Waals surface area contributed by atoms with Crippen LogP contribution in [0.5, 0.6) is 0 Å². The van der Waals surface area contributed by atoms with Gasteiger partial charge in [-0.1, -0.05) is 6.42 Å². The number of H-pyrrole nitrogens is 1. The highest BCUT2D eigenvalue weighted by molar-refractivity contribution is 5.99. The average Bonchev–Trinajstić information content (AvgIpc) is 3.26. The normalized spacial score (nSPS) is 25.1. The Bertz CT molecular complexity index is 1010. The predicted molar refractivity (Wildman–Crippen MR) is 111 cm³/mol. The van der Waals surface area contributed by atoms with Gasteiger partial charge in [0.15, 0.2) is 5.65 Å². The van der Waals surface area contributed by atoms with Crippen molar-refractivity contribution in [3.8, 4) is 0 Å². The Balaban J connectivity index is 1.06. The zero-order valence-electron chi connectivity index (χ0n) is 17.2. The summed E-state index contributed by atoms with van der Waals surface area (Å²) in [7, 11) is 0. The van der Waals surface area contributed by atoms with E-state index < -0.39 is 0 Å². The molecule has 0 bridgehead atoms. The zero-order chi connectivity index (χ0) is 20.7. The van der Waals surface area contributed by atoms with Gasteiger partial charge in [0.2, 0.25) is 5.91 Å². The monoisotopic (exact) mass is 411 g/mol. The van der Waals surface area contributed by atoms with Crippen molar-refractivity contribution in [1.29, 1.82) is 0 Å². The number of aromatic nitrogens is 3. The summed E-state index contributed by atoms with van der Waals surface area (Å²) in [5.74, 6) is 0.783. The van der Waals surface area contributed by atoms with Crippen molar-refractivity contribution < 1.29 is 9.59 Å². The molecule has 0 radical (unpaired) electrons. The lowest BCUT2D eigenvalue weighted by atomic mass is 9.51. The lowest BCUT2D eigenvalue weighted by Crippen LogP contribution is -2.50. The molecule has 0 aliphatic heterocycles. The first-order valence-corrected chi connectivity index (χ1v) is 11.2. The van der Waals surface area contributed by atoms with Crippen LogP contribution in [0.2, 0.25) is 0 Å². The minimum absolute atomic E-state index is 0.225. The summed E-state index contributed by atoms with van der Waals surface area (Å²) in [6, 6.07) is 3.61. The Hall–Kier alpha value is -2.64. The summed E-state index contributed by atoms with van der Waals surface area (Å²) in [4.78, 5) is 36.6. The number of nitrogens with zero attached hydrogens (tertiary/aromatic N) is 2. The molecule has 2 aromatic heterocycles. The maximum absolute atomic E-state index is 12.5. The zero-order valence-corrected chi connectivity index (χ0v) is 17.2. The molecule has 3 N–H and O–H groups in total. The molecule has 0 aromatic carbocycles. The van der Waals surface area contributed by atoms with Crippen LogP contribution < -0.4 is 16.3 Å².